The Labute approximate surface area is 144 Å². The lowest BCUT2D eigenvalue weighted by Gasteiger charge is -2.16. The van der Waals surface area contributed by atoms with E-state index < -0.39 is 0 Å². The molecule has 0 fully saturated rings. The molecule has 23 heavy (non-hydrogen) atoms. The largest absolute Gasteiger partial charge is 0.398 e. The van der Waals surface area contributed by atoms with E-state index in [9.17, 15) is 0 Å². The fraction of sp³-hybridized carbons (Fsp3) is 0.200. The summed E-state index contributed by atoms with van der Waals surface area (Å²) in [4.78, 5) is 0. The highest BCUT2D eigenvalue weighted by molar-refractivity contribution is 5.85. The van der Waals surface area contributed by atoms with Gasteiger partial charge < -0.3 is 11.1 Å². The predicted octanol–water partition coefficient (Wildman–Crippen LogP) is 5.24. The van der Waals surface area contributed by atoms with Gasteiger partial charge in [0.25, 0.3) is 0 Å². The predicted molar refractivity (Wildman–Crippen MR) is 101 cm³/mol. The number of para-hydroxylation sites is 1. The second kappa shape index (κ2) is 8.44. The van der Waals surface area contributed by atoms with E-state index in [0.717, 1.165) is 30.6 Å². The standard InChI is InChI=1S/C20H22N2.ClH/c21-20-12-5-4-9-18(20)14-16-7-6-8-17(13-16)15-22-19-10-2-1-3-11-19;/h1-5,10-15,22H,6-9,21H2;1H. The van der Waals surface area contributed by atoms with E-state index in [1.807, 2.05) is 30.4 Å². The maximum absolute atomic E-state index is 6.05. The minimum absolute atomic E-state index is 0. The van der Waals surface area contributed by atoms with Gasteiger partial charge in [-0.05, 0) is 60.6 Å². The van der Waals surface area contributed by atoms with E-state index in [1.54, 1.807) is 0 Å². The van der Waals surface area contributed by atoms with Gasteiger partial charge in [0.2, 0.25) is 0 Å². The van der Waals surface area contributed by atoms with Crippen molar-refractivity contribution in [2.45, 2.75) is 25.7 Å². The van der Waals surface area contributed by atoms with Crippen LogP contribution in [0.25, 0.3) is 0 Å². The van der Waals surface area contributed by atoms with E-state index in [0.29, 0.717) is 0 Å². The first-order valence-corrected chi connectivity index (χ1v) is 7.86. The van der Waals surface area contributed by atoms with Gasteiger partial charge in [0.1, 0.15) is 0 Å². The van der Waals surface area contributed by atoms with E-state index in [-0.39, 0.29) is 12.4 Å². The van der Waals surface area contributed by atoms with Gasteiger partial charge >= 0.3 is 0 Å². The van der Waals surface area contributed by atoms with Crippen LogP contribution in [0.3, 0.4) is 0 Å². The summed E-state index contributed by atoms with van der Waals surface area (Å²) in [5, 5.41) is 3.37. The molecule has 3 rings (SSSR count). The molecule has 0 heterocycles. The van der Waals surface area contributed by atoms with Gasteiger partial charge in [-0.1, -0.05) is 42.5 Å². The monoisotopic (exact) mass is 326 g/mol. The van der Waals surface area contributed by atoms with Crippen molar-refractivity contribution in [1.29, 1.82) is 0 Å². The molecule has 0 saturated carbocycles. The van der Waals surface area contributed by atoms with E-state index in [4.69, 9.17) is 5.73 Å². The minimum Gasteiger partial charge on any atom is -0.398 e. The normalized spacial score (nSPS) is 20.7. The summed E-state index contributed by atoms with van der Waals surface area (Å²) in [6.07, 6.45) is 17.2. The number of hydrogen-bond acceptors (Lipinski definition) is 2. The molecule has 0 aliphatic heterocycles. The molecule has 0 amide bonds. The smallest absolute Gasteiger partial charge is 0.0379 e. The van der Waals surface area contributed by atoms with Crippen LogP contribution in [0.1, 0.15) is 25.7 Å². The lowest BCUT2D eigenvalue weighted by molar-refractivity contribution is 0.795. The van der Waals surface area contributed by atoms with E-state index in [2.05, 4.69) is 41.9 Å². The van der Waals surface area contributed by atoms with Crippen LogP contribution in [0.4, 0.5) is 5.69 Å². The molecule has 3 heteroatoms. The van der Waals surface area contributed by atoms with Crippen LogP contribution < -0.4 is 11.1 Å². The van der Waals surface area contributed by atoms with Crippen LogP contribution in [0.5, 0.6) is 0 Å². The fourth-order valence-corrected chi connectivity index (χ4v) is 2.77. The summed E-state index contributed by atoms with van der Waals surface area (Å²) in [6.45, 7) is 0. The summed E-state index contributed by atoms with van der Waals surface area (Å²) in [6, 6.07) is 10.3. The third-order valence-corrected chi connectivity index (χ3v) is 3.98. The maximum Gasteiger partial charge on any atom is 0.0379 e. The van der Waals surface area contributed by atoms with Crippen molar-refractivity contribution in [3.8, 4) is 0 Å². The van der Waals surface area contributed by atoms with Crippen molar-refractivity contribution in [1.82, 2.24) is 0 Å². The Hall–Kier alpha value is -2.19. The summed E-state index contributed by atoms with van der Waals surface area (Å²) >= 11 is 0. The summed E-state index contributed by atoms with van der Waals surface area (Å²) < 4.78 is 0. The Balaban J connectivity index is 0.00000192. The molecule has 0 bridgehead atoms. The molecule has 2 aliphatic carbocycles. The van der Waals surface area contributed by atoms with Gasteiger partial charge in [-0.2, -0.15) is 0 Å². The fourth-order valence-electron chi connectivity index (χ4n) is 2.77. The molecule has 0 spiro atoms. The molecule has 0 aromatic heterocycles. The van der Waals surface area contributed by atoms with Crippen molar-refractivity contribution in [3.05, 3.63) is 89.3 Å². The van der Waals surface area contributed by atoms with E-state index >= 15 is 0 Å². The molecule has 120 valence electrons. The minimum atomic E-state index is 0. The van der Waals surface area contributed by atoms with Crippen LogP contribution >= 0.6 is 12.4 Å². The summed E-state index contributed by atoms with van der Waals surface area (Å²) in [7, 11) is 0. The molecule has 0 atom stereocenters. The molecule has 0 saturated heterocycles. The molecule has 2 aliphatic rings. The molecule has 3 N–H and O–H groups in total. The summed E-state index contributed by atoms with van der Waals surface area (Å²) in [5.41, 5.74) is 12.0. The molecule has 0 unspecified atom stereocenters. The van der Waals surface area contributed by atoms with Gasteiger partial charge in [0, 0.05) is 17.6 Å². The zero-order chi connectivity index (χ0) is 15.2. The average molecular weight is 327 g/mol. The van der Waals surface area contributed by atoms with Gasteiger partial charge in [-0.25, -0.2) is 0 Å². The number of hydrogen-bond donors (Lipinski definition) is 2. The first-order chi connectivity index (χ1) is 10.8. The Morgan fingerprint density at radius 1 is 1.09 bits per heavy atom. The van der Waals surface area contributed by atoms with Crippen molar-refractivity contribution in [2.75, 3.05) is 5.32 Å². The molecule has 0 radical (unpaired) electrons. The molecular weight excluding hydrogens is 304 g/mol. The van der Waals surface area contributed by atoms with E-state index in [1.165, 1.54) is 23.1 Å². The molecule has 2 nitrogen and oxygen atoms in total. The number of halogens is 1. The first kappa shape index (κ1) is 17.2. The maximum atomic E-state index is 6.05. The SMILES string of the molecule is Cl.NC1=CC=CCC1=CC1=CC(=CNc2ccccc2)CCC1. The molecule has 1 aromatic rings. The van der Waals surface area contributed by atoms with Gasteiger partial charge in [0.05, 0.1) is 0 Å². The zero-order valence-electron chi connectivity index (χ0n) is 13.2. The van der Waals surface area contributed by atoms with Gasteiger partial charge in [-0.3, -0.25) is 0 Å². The van der Waals surface area contributed by atoms with Crippen LogP contribution in [0.2, 0.25) is 0 Å². The average Bonchev–Trinajstić information content (AvgIpc) is 2.57. The van der Waals surface area contributed by atoms with Gasteiger partial charge in [-0.15, -0.1) is 12.4 Å². The first-order valence-electron chi connectivity index (χ1n) is 7.86. The number of nitrogens with two attached hydrogens (primary N) is 1. The Morgan fingerprint density at radius 2 is 1.91 bits per heavy atom. The number of nitrogens with one attached hydrogen (secondary N) is 1. The van der Waals surface area contributed by atoms with Crippen LogP contribution in [-0.4, -0.2) is 0 Å². The number of benzene rings is 1. The second-order valence-electron chi connectivity index (χ2n) is 5.73. The molecule has 1 aromatic carbocycles. The Kier molecular flexibility index (Phi) is 6.30. The van der Waals surface area contributed by atoms with Crippen molar-refractivity contribution >= 4 is 18.1 Å². The molecular formula is C20H23ClN2. The topological polar surface area (TPSA) is 38.0 Å². The highest BCUT2D eigenvalue weighted by Gasteiger charge is 2.09. The lowest BCUT2D eigenvalue weighted by atomic mass is 9.92. The van der Waals surface area contributed by atoms with Crippen LogP contribution in [0.15, 0.2) is 89.3 Å². The van der Waals surface area contributed by atoms with Crippen LogP contribution in [0, 0.1) is 0 Å². The second-order valence-corrected chi connectivity index (χ2v) is 5.73. The Bertz CT molecular complexity index is 679. The highest BCUT2D eigenvalue weighted by atomic mass is 35.5. The van der Waals surface area contributed by atoms with Crippen LogP contribution in [-0.2, 0) is 0 Å². The van der Waals surface area contributed by atoms with Crippen molar-refractivity contribution < 1.29 is 0 Å². The number of anilines is 1. The lowest BCUT2D eigenvalue weighted by Crippen LogP contribution is -2.04. The van der Waals surface area contributed by atoms with Gasteiger partial charge in [0.15, 0.2) is 0 Å². The third-order valence-electron chi connectivity index (χ3n) is 3.98. The van der Waals surface area contributed by atoms with Crippen molar-refractivity contribution in [3.63, 3.8) is 0 Å². The number of rotatable bonds is 3. The van der Waals surface area contributed by atoms with Crippen molar-refractivity contribution in [2.24, 2.45) is 5.73 Å². The Morgan fingerprint density at radius 3 is 2.70 bits per heavy atom. The summed E-state index contributed by atoms with van der Waals surface area (Å²) in [5.74, 6) is 0. The third kappa shape index (κ3) is 4.90. The zero-order valence-corrected chi connectivity index (χ0v) is 14.0. The highest BCUT2D eigenvalue weighted by Crippen LogP contribution is 2.26. The quantitative estimate of drug-likeness (QED) is 0.796. The number of allylic oxidation sites excluding steroid dienone is 8.